The van der Waals surface area contributed by atoms with Crippen LogP contribution in [0.2, 0.25) is 0 Å². The first kappa shape index (κ1) is 18.8. The molecule has 1 aromatic heterocycles. The minimum atomic E-state index is -0.526. The first-order valence-corrected chi connectivity index (χ1v) is 8.89. The molecule has 0 atom stereocenters. The summed E-state index contributed by atoms with van der Waals surface area (Å²) < 4.78 is 5.74. The molecule has 4 N–H and O–H groups in total. The van der Waals surface area contributed by atoms with Crippen LogP contribution in [0.3, 0.4) is 0 Å². The summed E-state index contributed by atoms with van der Waals surface area (Å²) in [6.45, 7) is 2.95. The van der Waals surface area contributed by atoms with Gasteiger partial charge in [-0.15, -0.1) is 0 Å². The smallest absolute Gasteiger partial charge is 0.278 e. The molecule has 1 heterocycles. The number of aromatic amines is 1. The summed E-state index contributed by atoms with van der Waals surface area (Å²) in [4.78, 5) is 18.0. The molecule has 2 rings (SSSR count). The van der Waals surface area contributed by atoms with Crippen LogP contribution in [0.15, 0.2) is 29.1 Å². The highest BCUT2D eigenvalue weighted by Crippen LogP contribution is 2.16. The average Bonchev–Trinajstić information content (AvgIpc) is 2.60. The molecule has 0 aliphatic rings. The summed E-state index contributed by atoms with van der Waals surface area (Å²) in [5, 5.41) is 9.52. The van der Waals surface area contributed by atoms with E-state index in [-0.39, 0.29) is 5.69 Å². The number of nitrogens with two attached hydrogens (primary N) is 1. The number of unbranched alkanes of at least 4 members (excludes halogenated alkanes) is 5. The van der Waals surface area contributed by atoms with Crippen molar-refractivity contribution < 1.29 is 9.84 Å². The third-order valence-electron chi connectivity index (χ3n) is 4.05. The number of aromatic nitrogens is 2. The van der Waals surface area contributed by atoms with Crippen molar-refractivity contribution in [1.29, 1.82) is 0 Å². The molecule has 0 unspecified atom stereocenters. The minimum absolute atomic E-state index is 0.262. The van der Waals surface area contributed by atoms with Gasteiger partial charge in [0.15, 0.2) is 5.69 Å². The number of benzene rings is 1. The molecular weight excluding hydrogens is 318 g/mol. The second-order valence-corrected chi connectivity index (χ2v) is 6.19. The fourth-order valence-corrected chi connectivity index (χ4v) is 2.57. The quantitative estimate of drug-likeness (QED) is 0.573. The number of nitrogen functional groups attached to an aromatic ring is 1. The summed E-state index contributed by atoms with van der Waals surface area (Å²) in [6.07, 6.45) is 7.84. The summed E-state index contributed by atoms with van der Waals surface area (Å²) in [5.41, 5.74) is 5.55. The van der Waals surface area contributed by atoms with Gasteiger partial charge in [0.2, 0.25) is 5.88 Å². The SMILES string of the molecule is CCCCCCCCOc1ccc(Cc2nc(O)c(N)c(=O)[nH]2)cc1. The van der Waals surface area contributed by atoms with Crippen molar-refractivity contribution >= 4 is 5.69 Å². The van der Waals surface area contributed by atoms with E-state index in [0.29, 0.717) is 12.2 Å². The fourth-order valence-electron chi connectivity index (χ4n) is 2.57. The minimum Gasteiger partial charge on any atom is -0.494 e. The maximum atomic E-state index is 11.5. The second kappa shape index (κ2) is 9.71. The molecular formula is C19H27N3O3. The highest BCUT2D eigenvalue weighted by atomic mass is 16.5. The zero-order valence-electron chi connectivity index (χ0n) is 14.8. The van der Waals surface area contributed by atoms with Crippen molar-refractivity contribution in [2.75, 3.05) is 12.3 Å². The summed E-state index contributed by atoms with van der Waals surface area (Å²) in [7, 11) is 0. The van der Waals surface area contributed by atoms with Gasteiger partial charge in [-0.05, 0) is 24.1 Å². The highest BCUT2D eigenvalue weighted by Gasteiger charge is 2.07. The molecule has 6 nitrogen and oxygen atoms in total. The molecule has 0 aliphatic carbocycles. The van der Waals surface area contributed by atoms with Crippen molar-refractivity contribution in [3.8, 4) is 11.6 Å². The zero-order valence-corrected chi connectivity index (χ0v) is 14.8. The molecule has 0 saturated carbocycles. The van der Waals surface area contributed by atoms with Crippen LogP contribution in [-0.4, -0.2) is 21.7 Å². The molecule has 0 fully saturated rings. The number of H-pyrrole nitrogens is 1. The van der Waals surface area contributed by atoms with Gasteiger partial charge in [0.05, 0.1) is 6.61 Å². The predicted octanol–water partition coefficient (Wildman–Crippen LogP) is 3.39. The lowest BCUT2D eigenvalue weighted by Crippen LogP contribution is -2.16. The first-order chi connectivity index (χ1) is 12.1. The topological polar surface area (TPSA) is 101 Å². The lowest BCUT2D eigenvalue weighted by atomic mass is 10.1. The number of hydrogen-bond acceptors (Lipinski definition) is 5. The number of ether oxygens (including phenoxy) is 1. The second-order valence-electron chi connectivity index (χ2n) is 6.19. The number of nitrogens with one attached hydrogen (secondary N) is 1. The van der Waals surface area contributed by atoms with Crippen LogP contribution in [0.4, 0.5) is 5.69 Å². The average molecular weight is 345 g/mol. The standard InChI is InChI=1S/C19H27N3O3/c1-2-3-4-5-6-7-12-25-15-10-8-14(9-11-15)13-16-21-18(23)17(20)19(24)22-16/h8-11H,2-7,12-13,20H2,1H3,(H2,21,22,23,24). The number of hydrogen-bond donors (Lipinski definition) is 3. The van der Waals surface area contributed by atoms with Gasteiger partial charge >= 0.3 is 0 Å². The van der Waals surface area contributed by atoms with Crippen LogP contribution >= 0.6 is 0 Å². The molecule has 136 valence electrons. The first-order valence-electron chi connectivity index (χ1n) is 8.89. The van der Waals surface area contributed by atoms with E-state index in [1.807, 2.05) is 24.3 Å². The van der Waals surface area contributed by atoms with Crippen LogP contribution in [-0.2, 0) is 6.42 Å². The Hall–Kier alpha value is -2.50. The van der Waals surface area contributed by atoms with Gasteiger partial charge in [-0.2, -0.15) is 4.98 Å². The number of anilines is 1. The van der Waals surface area contributed by atoms with E-state index in [4.69, 9.17) is 10.5 Å². The normalized spacial score (nSPS) is 10.8. The Balaban J connectivity index is 1.79. The van der Waals surface area contributed by atoms with E-state index < -0.39 is 11.4 Å². The Morgan fingerprint density at radius 2 is 1.80 bits per heavy atom. The predicted molar refractivity (Wildman–Crippen MR) is 99.1 cm³/mol. The Morgan fingerprint density at radius 3 is 2.48 bits per heavy atom. The summed E-state index contributed by atoms with van der Waals surface area (Å²) in [5.74, 6) is 0.772. The van der Waals surface area contributed by atoms with Gasteiger partial charge in [-0.25, -0.2) is 0 Å². The maximum Gasteiger partial charge on any atom is 0.278 e. The Kier molecular flexibility index (Phi) is 7.32. The molecule has 1 aromatic carbocycles. The molecule has 6 heteroatoms. The largest absolute Gasteiger partial charge is 0.494 e. The molecule has 2 aromatic rings. The summed E-state index contributed by atoms with van der Waals surface area (Å²) >= 11 is 0. The van der Waals surface area contributed by atoms with Crippen LogP contribution in [0.25, 0.3) is 0 Å². The molecule has 0 aliphatic heterocycles. The van der Waals surface area contributed by atoms with Crippen molar-refractivity contribution in [3.63, 3.8) is 0 Å². The lowest BCUT2D eigenvalue weighted by Gasteiger charge is -2.08. The van der Waals surface area contributed by atoms with E-state index in [1.54, 1.807) is 0 Å². The van der Waals surface area contributed by atoms with Gasteiger partial charge in [-0.1, -0.05) is 51.2 Å². The molecule has 25 heavy (non-hydrogen) atoms. The maximum absolute atomic E-state index is 11.5. The highest BCUT2D eigenvalue weighted by molar-refractivity contribution is 5.44. The lowest BCUT2D eigenvalue weighted by molar-refractivity contribution is 0.304. The van der Waals surface area contributed by atoms with Gasteiger partial charge in [0.25, 0.3) is 5.56 Å². The van der Waals surface area contributed by atoms with Gasteiger partial charge in [-0.3, -0.25) is 4.79 Å². The molecule has 0 saturated heterocycles. The van der Waals surface area contributed by atoms with Crippen molar-refractivity contribution in [2.45, 2.75) is 51.9 Å². The zero-order chi connectivity index (χ0) is 18.1. The Labute approximate surface area is 148 Å². The number of nitrogens with zero attached hydrogens (tertiary/aromatic N) is 1. The van der Waals surface area contributed by atoms with E-state index >= 15 is 0 Å². The van der Waals surface area contributed by atoms with Crippen LogP contribution in [0.5, 0.6) is 11.6 Å². The molecule has 0 bridgehead atoms. The van der Waals surface area contributed by atoms with Crippen LogP contribution in [0, 0.1) is 0 Å². The number of aromatic hydroxyl groups is 1. The third kappa shape index (κ3) is 6.14. The van der Waals surface area contributed by atoms with E-state index in [0.717, 1.165) is 24.3 Å². The van der Waals surface area contributed by atoms with E-state index in [2.05, 4.69) is 16.9 Å². The Morgan fingerprint density at radius 1 is 1.12 bits per heavy atom. The molecule has 0 spiro atoms. The van der Waals surface area contributed by atoms with E-state index in [9.17, 15) is 9.90 Å². The van der Waals surface area contributed by atoms with Crippen molar-refractivity contribution in [2.24, 2.45) is 0 Å². The van der Waals surface area contributed by atoms with Gasteiger partial charge in [0, 0.05) is 6.42 Å². The van der Waals surface area contributed by atoms with Gasteiger partial charge < -0.3 is 20.6 Å². The van der Waals surface area contributed by atoms with Crippen LogP contribution in [0.1, 0.15) is 56.8 Å². The van der Waals surface area contributed by atoms with E-state index in [1.165, 1.54) is 32.1 Å². The Bertz CT molecular complexity index is 711. The van der Waals surface area contributed by atoms with Crippen molar-refractivity contribution in [1.82, 2.24) is 9.97 Å². The van der Waals surface area contributed by atoms with Crippen LogP contribution < -0.4 is 16.0 Å². The molecule has 0 amide bonds. The molecule has 0 radical (unpaired) electrons. The monoisotopic (exact) mass is 345 g/mol. The van der Waals surface area contributed by atoms with Crippen molar-refractivity contribution in [3.05, 3.63) is 46.0 Å². The van der Waals surface area contributed by atoms with Gasteiger partial charge in [0.1, 0.15) is 11.6 Å². The number of rotatable bonds is 10. The fraction of sp³-hybridized carbons (Fsp3) is 0.474. The third-order valence-corrected chi connectivity index (χ3v) is 4.05. The summed E-state index contributed by atoms with van der Waals surface area (Å²) in [6, 6.07) is 7.65.